The van der Waals surface area contributed by atoms with Crippen LogP contribution >= 0.6 is 12.6 Å². The van der Waals surface area contributed by atoms with Crippen LogP contribution in [0.5, 0.6) is 0 Å². The van der Waals surface area contributed by atoms with E-state index in [0.717, 1.165) is 18.0 Å². The number of nitrogens with zero attached hydrogens (tertiary/aromatic N) is 1. The molecule has 0 aliphatic heterocycles. The lowest BCUT2D eigenvalue weighted by atomic mass is 10.4. The maximum Gasteiger partial charge on any atom is 0.191 e. The first-order valence-electron chi connectivity index (χ1n) is 3.63. The van der Waals surface area contributed by atoms with Crippen LogP contribution in [0.1, 0.15) is 0 Å². The summed E-state index contributed by atoms with van der Waals surface area (Å²) in [5, 5.41) is 3.24. The molecule has 1 rings (SSSR count). The van der Waals surface area contributed by atoms with Crippen LogP contribution < -0.4 is 33.9 Å². The minimum Gasteiger partial charge on any atom is -1.00 e. The number of thiol groups is 1. The molecule has 1 aromatic rings. The van der Waals surface area contributed by atoms with Crippen LogP contribution in [-0.2, 0) is 7.05 Å². The monoisotopic (exact) mass is 296 g/mol. The molecule has 2 nitrogen and oxygen atoms in total. The number of aromatic nitrogens is 1. The summed E-state index contributed by atoms with van der Waals surface area (Å²) in [6.07, 6.45) is 4.05. The summed E-state index contributed by atoms with van der Waals surface area (Å²) >= 11 is 4.11. The zero-order valence-electron chi connectivity index (χ0n) is 7.00. The van der Waals surface area contributed by atoms with Gasteiger partial charge in [0.15, 0.2) is 12.4 Å². The van der Waals surface area contributed by atoms with Gasteiger partial charge in [-0.25, -0.2) is 4.57 Å². The Hall–Kier alpha value is 0.0300. The molecule has 0 amide bonds. The highest BCUT2D eigenvalue weighted by Gasteiger charge is 1.94. The number of hydrogen-bond acceptors (Lipinski definition) is 2. The second-order valence-corrected chi connectivity index (χ2v) is 2.86. The van der Waals surface area contributed by atoms with Crippen LogP contribution in [0.15, 0.2) is 24.5 Å². The van der Waals surface area contributed by atoms with Crippen molar-refractivity contribution in [3.63, 3.8) is 0 Å². The third-order valence-corrected chi connectivity index (χ3v) is 1.60. The molecule has 0 aliphatic rings. The molecule has 0 radical (unpaired) electrons. The van der Waals surface area contributed by atoms with Crippen LogP contribution in [0.3, 0.4) is 0 Å². The van der Waals surface area contributed by atoms with E-state index < -0.39 is 0 Å². The van der Waals surface area contributed by atoms with Crippen LogP contribution in [0.2, 0.25) is 0 Å². The van der Waals surface area contributed by atoms with Crippen LogP contribution in [0.4, 0.5) is 5.69 Å². The van der Waals surface area contributed by atoms with Crippen molar-refractivity contribution in [3.05, 3.63) is 24.5 Å². The predicted molar refractivity (Wildman–Crippen MR) is 50.0 cm³/mol. The molecule has 0 atom stereocenters. The maximum absolute atomic E-state index is 4.11. The molecular weight excluding hydrogens is 283 g/mol. The van der Waals surface area contributed by atoms with Gasteiger partial charge in [0.2, 0.25) is 0 Å². The second-order valence-electron chi connectivity index (χ2n) is 2.41. The van der Waals surface area contributed by atoms with Crippen LogP contribution in [0.25, 0.3) is 0 Å². The number of pyridine rings is 1. The molecule has 12 heavy (non-hydrogen) atoms. The van der Waals surface area contributed by atoms with E-state index in [0.29, 0.717) is 0 Å². The lowest BCUT2D eigenvalue weighted by molar-refractivity contribution is -0.670. The first-order valence-corrected chi connectivity index (χ1v) is 4.26. The van der Waals surface area contributed by atoms with Crippen molar-refractivity contribution in [2.24, 2.45) is 7.05 Å². The van der Waals surface area contributed by atoms with E-state index >= 15 is 0 Å². The summed E-state index contributed by atoms with van der Waals surface area (Å²) in [4.78, 5) is 0. The molecule has 4 heteroatoms. The van der Waals surface area contributed by atoms with Crippen LogP contribution in [0, 0.1) is 0 Å². The molecule has 0 aromatic carbocycles. The molecule has 0 saturated heterocycles. The largest absolute Gasteiger partial charge is 1.00 e. The highest BCUT2D eigenvalue weighted by molar-refractivity contribution is 7.80. The smallest absolute Gasteiger partial charge is 0.191 e. The first-order chi connectivity index (χ1) is 5.33. The molecule has 1 N–H and O–H groups in total. The Morgan fingerprint density at radius 3 is 2.92 bits per heavy atom. The number of hydrogen-bond donors (Lipinski definition) is 2. The van der Waals surface area contributed by atoms with Gasteiger partial charge in [-0.05, 0) is 6.07 Å². The lowest BCUT2D eigenvalue weighted by Gasteiger charge is -2.00. The quantitative estimate of drug-likeness (QED) is 0.369. The summed E-state index contributed by atoms with van der Waals surface area (Å²) in [6.45, 7) is 0.910. The number of anilines is 1. The average Bonchev–Trinajstić information content (AvgIpc) is 2.01. The Morgan fingerprint density at radius 1 is 1.58 bits per heavy atom. The second kappa shape index (κ2) is 6.54. The Bertz CT molecular complexity index is 230. The fraction of sp³-hybridized carbons (Fsp3) is 0.375. The summed E-state index contributed by atoms with van der Waals surface area (Å²) in [5.41, 5.74) is 1.14. The molecule has 1 heterocycles. The first kappa shape index (κ1) is 12.0. The predicted octanol–water partition coefficient (Wildman–Crippen LogP) is -2.14. The van der Waals surface area contributed by atoms with Gasteiger partial charge >= 0.3 is 0 Å². The van der Waals surface area contributed by atoms with Gasteiger partial charge in [-0.1, -0.05) is 0 Å². The van der Waals surface area contributed by atoms with Gasteiger partial charge in [-0.3, -0.25) is 0 Å². The number of nitrogens with one attached hydrogen (secondary N) is 1. The number of halogens is 1. The molecule has 68 valence electrons. The van der Waals surface area contributed by atoms with Crippen molar-refractivity contribution >= 4 is 18.3 Å². The summed E-state index contributed by atoms with van der Waals surface area (Å²) < 4.78 is 2.01. The standard InChI is InChI=1S/C8H12N2S.HI/c1-10-5-2-3-8(7-10)9-4-6-11;/h2-3,5,7,9H,4,6H2,1H3;1H. The Balaban J connectivity index is 0.00000121. The lowest BCUT2D eigenvalue weighted by Crippen LogP contribution is -3.00. The van der Waals surface area contributed by atoms with Crippen LogP contribution in [-0.4, -0.2) is 12.3 Å². The van der Waals surface area contributed by atoms with E-state index in [1.165, 1.54) is 0 Å². The Morgan fingerprint density at radius 2 is 2.33 bits per heavy atom. The Labute approximate surface area is 95.8 Å². The van der Waals surface area contributed by atoms with Crippen molar-refractivity contribution < 1.29 is 28.5 Å². The van der Waals surface area contributed by atoms with Gasteiger partial charge in [0.05, 0.1) is 5.69 Å². The van der Waals surface area contributed by atoms with E-state index in [2.05, 4.69) is 17.9 Å². The van der Waals surface area contributed by atoms with E-state index in [9.17, 15) is 0 Å². The minimum atomic E-state index is 0. The van der Waals surface area contributed by atoms with Crippen molar-refractivity contribution in [2.45, 2.75) is 0 Å². The minimum absolute atomic E-state index is 0. The zero-order valence-corrected chi connectivity index (χ0v) is 10.0. The molecule has 0 saturated carbocycles. The maximum atomic E-state index is 4.11. The summed E-state index contributed by atoms with van der Waals surface area (Å²) in [7, 11) is 2.01. The van der Waals surface area contributed by atoms with Gasteiger partial charge in [0.1, 0.15) is 7.05 Å². The molecule has 0 fully saturated rings. The normalized spacial score (nSPS) is 8.83. The van der Waals surface area contributed by atoms with Crippen molar-refractivity contribution in [1.29, 1.82) is 0 Å². The number of aryl methyl sites for hydroxylation is 1. The third-order valence-electron chi connectivity index (χ3n) is 1.38. The van der Waals surface area contributed by atoms with Crippen molar-refractivity contribution in [3.8, 4) is 0 Å². The Kier molecular flexibility index (Phi) is 6.55. The summed E-state index contributed by atoms with van der Waals surface area (Å²) in [5.74, 6) is 0.860. The summed E-state index contributed by atoms with van der Waals surface area (Å²) in [6, 6.07) is 4.06. The highest BCUT2D eigenvalue weighted by atomic mass is 127. The highest BCUT2D eigenvalue weighted by Crippen LogP contribution is 1.99. The zero-order chi connectivity index (χ0) is 8.10. The molecule has 0 spiro atoms. The molecular formula is C8H13IN2S. The van der Waals surface area contributed by atoms with Crippen molar-refractivity contribution in [1.82, 2.24) is 0 Å². The third kappa shape index (κ3) is 4.15. The molecule has 0 aliphatic carbocycles. The van der Waals surface area contributed by atoms with Gasteiger partial charge in [0, 0.05) is 18.4 Å². The fourth-order valence-corrected chi connectivity index (χ4v) is 1.00. The van der Waals surface area contributed by atoms with Gasteiger partial charge in [-0.15, -0.1) is 0 Å². The fourth-order valence-electron chi connectivity index (χ4n) is 0.893. The van der Waals surface area contributed by atoms with E-state index in [1.54, 1.807) is 0 Å². The van der Waals surface area contributed by atoms with E-state index in [-0.39, 0.29) is 24.0 Å². The van der Waals surface area contributed by atoms with Crippen molar-refractivity contribution in [2.75, 3.05) is 17.6 Å². The van der Waals surface area contributed by atoms with Gasteiger partial charge in [-0.2, -0.15) is 12.6 Å². The number of rotatable bonds is 3. The topological polar surface area (TPSA) is 15.9 Å². The SMILES string of the molecule is C[n+]1cccc(NCCS)c1.[I-]. The van der Waals surface area contributed by atoms with Gasteiger partial charge in [0.25, 0.3) is 0 Å². The molecule has 1 aromatic heterocycles. The average molecular weight is 296 g/mol. The van der Waals surface area contributed by atoms with E-state index in [4.69, 9.17) is 0 Å². The van der Waals surface area contributed by atoms with E-state index in [1.807, 2.05) is 36.1 Å². The molecule has 0 unspecified atom stereocenters. The van der Waals surface area contributed by atoms with Gasteiger partial charge < -0.3 is 29.3 Å². The molecule has 0 bridgehead atoms.